The third-order valence-corrected chi connectivity index (χ3v) is 7.72. The number of carboxylic acids is 1. The van der Waals surface area contributed by atoms with Crippen LogP contribution in [0.4, 0.5) is 4.79 Å². The summed E-state index contributed by atoms with van der Waals surface area (Å²) in [5.41, 5.74) is 4.37. The number of carbonyl (C=O) groups is 3. The molecule has 0 spiro atoms. The van der Waals surface area contributed by atoms with Crippen molar-refractivity contribution in [3.05, 3.63) is 59.7 Å². The van der Waals surface area contributed by atoms with Gasteiger partial charge in [-0.3, -0.25) is 13.8 Å². The van der Waals surface area contributed by atoms with Gasteiger partial charge in [-0.05, 0) is 41.5 Å². The van der Waals surface area contributed by atoms with Gasteiger partial charge in [-0.25, -0.2) is 4.79 Å². The van der Waals surface area contributed by atoms with E-state index in [4.69, 9.17) is 9.84 Å². The predicted molar refractivity (Wildman–Crippen MR) is 128 cm³/mol. The first kappa shape index (κ1) is 23.9. The number of aliphatic carboxylic acids is 1. The third-order valence-electron chi connectivity index (χ3n) is 6.33. The highest BCUT2D eigenvalue weighted by molar-refractivity contribution is 7.85. The fourth-order valence-electron chi connectivity index (χ4n) is 4.56. The minimum absolute atomic E-state index is 0.0516. The molecular formula is C25H28N2O6S. The lowest BCUT2D eigenvalue weighted by atomic mass is 9.98. The van der Waals surface area contributed by atoms with Crippen LogP contribution in [0.2, 0.25) is 0 Å². The van der Waals surface area contributed by atoms with Crippen molar-refractivity contribution in [1.82, 2.24) is 10.6 Å². The number of hydrogen-bond donors (Lipinski definition) is 3. The number of amides is 2. The van der Waals surface area contributed by atoms with E-state index in [0.29, 0.717) is 24.3 Å². The molecular weight excluding hydrogens is 456 g/mol. The number of fused-ring (bicyclic) bond motifs is 3. The molecule has 2 amide bonds. The summed E-state index contributed by atoms with van der Waals surface area (Å²) in [6, 6.07) is 14.8. The Morgan fingerprint density at radius 2 is 1.59 bits per heavy atom. The first-order valence-electron chi connectivity index (χ1n) is 11.4. The van der Waals surface area contributed by atoms with E-state index in [9.17, 15) is 18.6 Å². The number of nitrogens with one attached hydrogen (secondary N) is 2. The SMILES string of the molecule is O=C(O)CCC(NC(=O)OCC1c2ccccc2-c2ccccc21)C(=O)NC1CCS(=O)CC1. The van der Waals surface area contributed by atoms with Crippen LogP contribution in [0, 0.1) is 0 Å². The summed E-state index contributed by atoms with van der Waals surface area (Å²) in [4.78, 5) is 36.5. The van der Waals surface area contributed by atoms with Gasteiger partial charge in [0.1, 0.15) is 12.6 Å². The molecule has 2 aliphatic rings. The van der Waals surface area contributed by atoms with Gasteiger partial charge in [0.15, 0.2) is 0 Å². The number of hydrogen-bond acceptors (Lipinski definition) is 5. The zero-order valence-electron chi connectivity index (χ0n) is 18.7. The van der Waals surface area contributed by atoms with E-state index in [1.54, 1.807) is 0 Å². The highest BCUT2D eigenvalue weighted by Gasteiger charge is 2.30. The molecule has 0 radical (unpaired) electrons. The molecule has 180 valence electrons. The molecule has 1 aliphatic carbocycles. The van der Waals surface area contributed by atoms with Crippen LogP contribution >= 0.6 is 0 Å². The number of ether oxygens (including phenoxy) is 1. The Hall–Kier alpha value is -3.20. The minimum Gasteiger partial charge on any atom is -0.481 e. The van der Waals surface area contributed by atoms with Gasteiger partial charge in [0.2, 0.25) is 5.91 Å². The lowest BCUT2D eigenvalue weighted by molar-refractivity contribution is -0.137. The smallest absolute Gasteiger partial charge is 0.407 e. The second-order valence-electron chi connectivity index (χ2n) is 8.59. The van der Waals surface area contributed by atoms with Gasteiger partial charge in [-0.2, -0.15) is 0 Å². The maximum Gasteiger partial charge on any atom is 0.407 e. The van der Waals surface area contributed by atoms with E-state index >= 15 is 0 Å². The van der Waals surface area contributed by atoms with Gasteiger partial charge in [0.25, 0.3) is 0 Å². The Kier molecular flexibility index (Phi) is 7.62. The van der Waals surface area contributed by atoms with Gasteiger partial charge in [0.05, 0.1) is 0 Å². The van der Waals surface area contributed by atoms with Crippen LogP contribution in [0.1, 0.15) is 42.7 Å². The Morgan fingerprint density at radius 3 is 2.18 bits per heavy atom. The zero-order valence-corrected chi connectivity index (χ0v) is 19.5. The highest BCUT2D eigenvalue weighted by atomic mass is 32.2. The molecule has 0 saturated carbocycles. The van der Waals surface area contributed by atoms with Crippen LogP contribution in [-0.2, 0) is 25.1 Å². The van der Waals surface area contributed by atoms with Crippen molar-refractivity contribution in [1.29, 1.82) is 0 Å². The lowest BCUT2D eigenvalue weighted by Gasteiger charge is -2.25. The minimum atomic E-state index is -1.06. The van der Waals surface area contributed by atoms with E-state index in [1.165, 1.54) is 0 Å². The summed E-state index contributed by atoms with van der Waals surface area (Å²) < 4.78 is 17.1. The molecule has 4 rings (SSSR count). The molecule has 1 fully saturated rings. The first-order chi connectivity index (χ1) is 16.4. The maximum atomic E-state index is 12.8. The molecule has 1 heterocycles. The van der Waals surface area contributed by atoms with Crippen LogP contribution in [0.5, 0.6) is 0 Å². The molecule has 1 atom stereocenters. The normalized spacial score (nSPS) is 20.0. The second-order valence-corrected chi connectivity index (χ2v) is 10.3. The van der Waals surface area contributed by atoms with Crippen molar-refractivity contribution in [3.63, 3.8) is 0 Å². The third kappa shape index (κ3) is 5.64. The summed E-state index contributed by atoms with van der Waals surface area (Å²) in [6.45, 7) is 0.0988. The van der Waals surface area contributed by atoms with E-state index < -0.39 is 34.8 Å². The summed E-state index contributed by atoms with van der Waals surface area (Å²) in [5, 5.41) is 14.5. The fourth-order valence-corrected chi connectivity index (χ4v) is 5.86. The molecule has 2 aromatic carbocycles. The van der Waals surface area contributed by atoms with E-state index in [0.717, 1.165) is 22.3 Å². The quantitative estimate of drug-likeness (QED) is 0.530. The topological polar surface area (TPSA) is 122 Å². The van der Waals surface area contributed by atoms with Gasteiger partial charge in [0, 0.05) is 40.7 Å². The molecule has 2 aromatic rings. The monoisotopic (exact) mass is 484 g/mol. The summed E-state index contributed by atoms with van der Waals surface area (Å²) in [7, 11) is -0.860. The van der Waals surface area contributed by atoms with Crippen molar-refractivity contribution in [2.24, 2.45) is 0 Å². The molecule has 0 aromatic heterocycles. The fraction of sp³-hybridized carbons (Fsp3) is 0.400. The first-order valence-corrected chi connectivity index (χ1v) is 12.9. The molecule has 1 unspecified atom stereocenters. The van der Waals surface area contributed by atoms with Crippen LogP contribution in [0.15, 0.2) is 48.5 Å². The molecule has 1 saturated heterocycles. The van der Waals surface area contributed by atoms with Gasteiger partial charge in [-0.1, -0.05) is 48.5 Å². The van der Waals surface area contributed by atoms with Gasteiger partial charge < -0.3 is 20.5 Å². The largest absolute Gasteiger partial charge is 0.481 e. The van der Waals surface area contributed by atoms with Crippen LogP contribution in [0.3, 0.4) is 0 Å². The van der Waals surface area contributed by atoms with Crippen molar-refractivity contribution in [2.75, 3.05) is 18.1 Å². The second kappa shape index (κ2) is 10.8. The van der Waals surface area contributed by atoms with Crippen LogP contribution in [-0.4, -0.2) is 57.5 Å². The van der Waals surface area contributed by atoms with Gasteiger partial charge in [-0.15, -0.1) is 0 Å². The molecule has 1 aliphatic heterocycles. The summed E-state index contributed by atoms with van der Waals surface area (Å²) in [6.07, 6.45) is 0.0989. The Balaban J connectivity index is 1.38. The standard InChI is InChI=1S/C25H28N2O6S/c28-23(29)10-9-22(24(30)26-16-11-13-34(32)14-12-16)27-25(31)33-15-21-19-7-3-1-5-17(19)18-6-2-4-8-20(18)21/h1-8,16,21-22H,9-15H2,(H,26,30)(H,27,31)(H,28,29). The predicted octanol–water partition coefficient (Wildman–Crippen LogP) is 2.79. The number of carboxylic acid groups (broad SMARTS) is 1. The maximum absolute atomic E-state index is 12.8. The Bertz CT molecular complexity index is 1050. The number of benzene rings is 2. The highest BCUT2D eigenvalue weighted by Crippen LogP contribution is 2.44. The number of carbonyl (C=O) groups excluding carboxylic acids is 2. The number of alkyl carbamates (subject to hydrolysis) is 1. The summed E-state index contributed by atoms with van der Waals surface area (Å²) >= 11 is 0. The average Bonchev–Trinajstić information content (AvgIpc) is 3.15. The van der Waals surface area contributed by atoms with Crippen LogP contribution in [0.25, 0.3) is 11.1 Å². The Labute approximate surface area is 200 Å². The lowest BCUT2D eigenvalue weighted by Crippen LogP contribution is -2.51. The zero-order chi connectivity index (χ0) is 24.1. The van der Waals surface area contributed by atoms with E-state index in [2.05, 4.69) is 10.6 Å². The van der Waals surface area contributed by atoms with Crippen molar-refractivity contribution in [2.45, 2.75) is 43.7 Å². The van der Waals surface area contributed by atoms with Crippen LogP contribution < -0.4 is 10.6 Å². The number of rotatable bonds is 8. The molecule has 9 heteroatoms. The van der Waals surface area contributed by atoms with E-state index in [-0.39, 0.29) is 31.4 Å². The van der Waals surface area contributed by atoms with Gasteiger partial charge >= 0.3 is 12.1 Å². The molecule has 3 N–H and O–H groups in total. The molecule has 34 heavy (non-hydrogen) atoms. The van der Waals surface area contributed by atoms with Crippen molar-refractivity contribution < 1.29 is 28.4 Å². The molecule has 0 bridgehead atoms. The van der Waals surface area contributed by atoms with Crippen molar-refractivity contribution >= 4 is 28.8 Å². The summed E-state index contributed by atoms with van der Waals surface area (Å²) in [5.74, 6) is -0.588. The average molecular weight is 485 g/mol. The van der Waals surface area contributed by atoms with Crippen molar-refractivity contribution in [3.8, 4) is 11.1 Å². The molecule has 8 nitrogen and oxygen atoms in total. The Morgan fingerprint density at radius 1 is 1.00 bits per heavy atom. The van der Waals surface area contributed by atoms with E-state index in [1.807, 2.05) is 48.5 Å².